The Labute approximate surface area is 158 Å². The number of hydrogen-bond acceptors (Lipinski definition) is 4. The minimum atomic E-state index is -1.70. The number of rotatable bonds is 7. The molecule has 148 valence electrons. The summed E-state index contributed by atoms with van der Waals surface area (Å²) in [6, 6.07) is 6.57. The summed E-state index contributed by atoms with van der Waals surface area (Å²) in [6.45, 7) is -0.503. The quantitative estimate of drug-likeness (QED) is 0.559. The molecule has 0 spiro atoms. The lowest BCUT2D eigenvalue weighted by Crippen LogP contribution is -2.32. The summed E-state index contributed by atoms with van der Waals surface area (Å²) in [5.74, 6) is -4.94. The number of nitrogens with one attached hydrogen (secondary N) is 2. The Bertz CT molecular complexity index is 916. The highest BCUT2D eigenvalue weighted by atomic mass is 19.2. The molecule has 0 radical (unpaired) electrons. The van der Waals surface area contributed by atoms with Crippen LogP contribution in [0.15, 0.2) is 36.4 Å². The fourth-order valence-corrected chi connectivity index (χ4v) is 2.18. The summed E-state index contributed by atoms with van der Waals surface area (Å²) in [4.78, 5) is 23.6. The Morgan fingerprint density at radius 3 is 2.46 bits per heavy atom. The summed E-state index contributed by atoms with van der Waals surface area (Å²) < 4.78 is 49.8. The van der Waals surface area contributed by atoms with Gasteiger partial charge in [-0.05, 0) is 36.4 Å². The lowest BCUT2D eigenvalue weighted by molar-refractivity contribution is -0.121. The molecule has 2 amide bonds. The van der Waals surface area contributed by atoms with Crippen molar-refractivity contribution < 1.29 is 32.2 Å². The van der Waals surface area contributed by atoms with Crippen LogP contribution in [0.5, 0.6) is 11.5 Å². The molecule has 0 aliphatic carbocycles. The van der Waals surface area contributed by atoms with E-state index in [0.717, 1.165) is 6.07 Å². The third-order valence-corrected chi connectivity index (χ3v) is 3.58. The largest absolute Gasteiger partial charge is 0.497 e. The van der Waals surface area contributed by atoms with Gasteiger partial charge in [-0.25, -0.2) is 13.2 Å². The first-order valence-corrected chi connectivity index (χ1v) is 7.97. The van der Waals surface area contributed by atoms with Crippen LogP contribution in [0.3, 0.4) is 0 Å². The molecule has 0 saturated carbocycles. The van der Waals surface area contributed by atoms with Crippen LogP contribution in [0.2, 0.25) is 0 Å². The second-order valence-electron chi connectivity index (χ2n) is 5.43. The minimum absolute atomic E-state index is 0.503. The zero-order valence-corrected chi connectivity index (χ0v) is 15.0. The van der Waals surface area contributed by atoms with Gasteiger partial charge in [-0.2, -0.15) is 0 Å². The van der Waals surface area contributed by atoms with Gasteiger partial charge in [0.2, 0.25) is 11.8 Å². The van der Waals surface area contributed by atoms with Crippen molar-refractivity contribution >= 4 is 23.6 Å². The topological polar surface area (TPSA) is 76.7 Å². The van der Waals surface area contributed by atoms with Crippen molar-refractivity contribution in [3.05, 3.63) is 59.4 Å². The van der Waals surface area contributed by atoms with E-state index in [1.54, 1.807) is 18.2 Å². The van der Waals surface area contributed by atoms with Gasteiger partial charge in [0.05, 0.1) is 26.5 Å². The van der Waals surface area contributed by atoms with E-state index in [4.69, 9.17) is 9.47 Å². The van der Waals surface area contributed by atoms with Crippen LogP contribution < -0.4 is 20.1 Å². The van der Waals surface area contributed by atoms with E-state index in [1.807, 2.05) is 5.32 Å². The molecule has 0 saturated heterocycles. The zero-order chi connectivity index (χ0) is 20.7. The number of anilines is 1. The molecule has 0 aliphatic rings. The molecule has 0 atom stereocenters. The van der Waals surface area contributed by atoms with Gasteiger partial charge < -0.3 is 20.1 Å². The van der Waals surface area contributed by atoms with E-state index >= 15 is 0 Å². The molecule has 0 heterocycles. The van der Waals surface area contributed by atoms with Crippen LogP contribution in [0, 0.1) is 17.5 Å². The van der Waals surface area contributed by atoms with Crippen LogP contribution in [-0.4, -0.2) is 32.6 Å². The Balaban J connectivity index is 1.94. The third kappa shape index (κ3) is 5.26. The van der Waals surface area contributed by atoms with E-state index in [9.17, 15) is 22.8 Å². The minimum Gasteiger partial charge on any atom is -0.497 e. The Morgan fingerprint density at radius 2 is 1.79 bits per heavy atom. The number of amides is 2. The van der Waals surface area contributed by atoms with Crippen molar-refractivity contribution in [3.63, 3.8) is 0 Å². The molecule has 0 unspecified atom stereocenters. The van der Waals surface area contributed by atoms with Gasteiger partial charge in [0, 0.05) is 11.6 Å². The van der Waals surface area contributed by atoms with Crippen molar-refractivity contribution in [1.82, 2.24) is 5.32 Å². The number of carbonyl (C=O) groups is 2. The summed E-state index contributed by atoms with van der Waals surface area (Å²) in [5.41, 5.74) is 0.0418. The molecule has 0 fully saturated rings. The third-order valence-electron chi connectivity index (χ3n) is 3.58. The van der Waals surface area contributed by atoms with Gasteiger partial charge in [0.25, 0.3) is 0 Å². The van der Waals surface area contributed by atoms with Gasteiger partial charge in [0.1, 0.15) is 11.5 Å². The van der Waals surface area contributed by atoms with Crippen molar-refractivity contribution in [2.75, 3.05) is 26.1 Å². The summed E-state index contributed by atoms with van der Waals surface area (Å²) in [5, 5.41) is 4.33. The van der Waals surface area contributed by atoms with Gasteiger partial charge in [-0.1, -0.05) is 0 Å². The van der Waals surface area contributed by atoms with Gasteiger partial charge in [0.15, 0.2) is 17.5 Å². The highest BCUT2D eigenvalue weighted by Gasteiger charge is 2.15. The van der Waals surface area contributed by atoms with Crippen LogP contribution in [0.25, 0.3) is 6.08 Å². The van der Waals surface area contributed by atoms with Crippen LogP contribution in [0.4, 0.5) is 18.9 Å². The summed E-state index contributed by atoms with van der Waals surface area (Å²) in [7, 11) is 2.97. The van der Waals surface area contributed by atoms with Crippen LogP contribution in [0.1, 0.15) is 5.56 Å². The highest BCUT2D eigenvalue weighted by Crippen LogP contribution is 2.25. The Kier molecular flexibility index (Phi) is 7.02. The molecule has 2 N–H and O–H groups in total. The van der Waals surface area contributed by atoms with Crippen molar-refractivity contribution in [1.29, 1.82) is 0 Å². The number of carbonyl (C=O) groups excluding carboxylic acids is 2. The summed E-state index contributed by atoms with van der Waals surface area (Å²) in [6.07, 6.45) is 2.63. The SMILES string of the molecule is COc1ccc(OC)c(/C=C/C(=O)NCC(=O)Nc2ccc(F)c(F)c2F)c1. The van der Waals surface area contributed by atoms with E-state index in [0.29, 0.717) is 23.1 Å². The molecule has 9 heteroatoms. The molecular formula is C19H17F3N2O4. The van der Waals surface area contributed by atoms with Crippen molar-refractivity contribution in [2.24, 2.45) is 0 Å². The standard InChI is InChI=1S/C19H17F3N2O4/c1-27-12-4-7-15(28-2)11(9-12)3-8-16(25)23-10-17(26)24-14-6-5-13(20)18(21)19(14)22/h3-9H,10H2,1-2H3,(H,23,25)(H,24,26)/b8-3+. The highest BCUT2D eigenvalue weighted by molar-refractivity contribution is 5.98. The van der Waals surface area contributed by atoms with Crippen LogP contribution >= 0.6 is 0 Å². The lowest BCUT2D eigenvalue weighted by Gasteiger charge is -2.08. The molecule has 2 aromatic rings. The van der Waals surface area contributed by atoms with Crippen molar-refractivity contribution in [3.8, 4) is 11.5 Å². The molecule has 2 aromatic carbocycles. The normalized spacial score (nSPS) is 10.6. The van der Waals surface area contributed by atoms with E-state index in [1.165, 1.54) is 26.4 Å². The maximum atomic E-state index is 13.5. The molecule has 0 aliphatic heterocycles. The molecular weight excluding hydrogens is 377 g/mol. The van der Waals surface area contributed by atoms with Gasteiger partial charge in [-0.3, -0.25) is 9.59 Å². The number of ether oxygens (including phenoxy) is 2. The number of benzene rings is 2. The van der Waals surface area contributed by atoms with E-state index in [2.05, 4.69) is 5.32 Å². The average Bonchev–Trinajstić information content (AvgIpc) is 2.70. The molecule has 0 bridgehead atoms. The first kappa shape index (κ1) is 20.8. The van der Waals surface area contributed by atoms with E-state index in [-0.39, 0.29) is 0 Å². The maximum Gasteiger partial charge on any atom is 0.244 e. The fraction of sp³-hybridized carbons (Fsp3) is 0.158. The van der Waals surface area contributed by atoms with Crippen molar-refractivity contribution in [2.45, 2.75) is 0 Å². The predicted molar refractivity (Wildman–Crippen MR) is 96.5 cm³/mol. The van der Waals surface area contributed by atoms with Gasteiger partial charge in [-0.15, -0.1) is 0 Å². The zero-order valence-electron chi connectivity index (χ0n) is 15.0. The molecule has 28 heavy (non-hydrogen) atoms. The number of methoxy groups -OCH3 is 2. The predicted octanol–water partition coefficient (Wildman–Crippen LogP) is 2.89. The monoisotopic (exact) mass is 394 g/mol. The maximum absolute atomic E-state index is 13.5. The number of hydrogen-bond donors (Lipinski definition) is 2. The molecule has 2 rings (SSSR count). The Hall–Kier alpha value is -3.49. The second kappa shape index (κ2) is 9.45. The lowest BCUT2D eigenvalue weighted by atomic mass is 10.1. The van der Waals surface area contributed by atoms with Gasteiger partial charge >= 0.3 is 0 Å². The smallest absolute Gasteiger partial charge is 0.244 e. The fourth-order valence-electron chi connectivity index (χ4n) is 2.18. The molecule has 6 nitrogen and oxygen atoms in total. The second-order valence-corrected chi connectivity index (χ2v) is 5.43. The Morgan fingerprint density at radius 1 is 1.04 bits per heavy atom. The van der Waals surface area contributed by atoms with Crippen LogP contribution in [-0.2, 0) is 9.59 Å². The average molecular weight is 394 g/mol. The first-order chi connectivity index (χ1) is 13.3. The first-order valence-electron chi connectivity index (χ1n) is 7.97. The molecule has 0 aromatic heterocycles. The van der Waals surface area contributed by atoms with E-state index < -0.39 is 41.5 Å². The summed E-state index contributed by atoms with van der Waals surface area (Å²) >= 11 is 0. The number of halogens is 3.